The summed E-state index contributed by atoms with van der Waals surface area (Å²) in [6, 6.07) is 0.163. The quantitative estimate of drug-likeness (QED) is 0.467. The summed E-state index contributed by atoms with van der Waals surface area (Å²) < 4.78 is 5.14. The van der Waals surface area contributed by atoms with Crippen molar-refractivity contribution in [2.24, 2.45) is 17.3 Å². The zero-order valence-corrected chi connectivity index (χ0v) is 11.8. The van der Waals surface area contributed by atoms with E-state index >= 15 is 0 Å². The van der Waals surface area contributed by atoms with Gasteiger partial charge < -0.3 is 10.1 Å². The number of carbonyl (C=O) groups excluding carboxylic acids is 2. The molecule has 4 nitrogen and oxygen atoms in total. The van der Waals surface area contributed by atoms with Crippen molar-refractivity contribution in [2.75, 3.05) is 13.2 Å². The van der Waals surface area contributed by atoms with Gasteiger partial charge in [-0.1, -0.05) is 13.0 Å². The van der Waals surface area contributed by atoms with Crippen molar-refractivity contribution in [2.45, 2.75) is 39.2 Å². The molecule has 2 saturated carbocycles. The Morgan fingerprint density at radius 1 is 1.63 bits per heavy atom. The zero-order valence-electron chi connectivity index (χ0n) is 11.8. The highest BCUT2D eigenvalue weighted by Gasteiger charge is 2.60. The van der Waals surface area contributed by atoms with Crippen LogP contribution in [0.5, 0.6) is 0 Å². The van der Waals surface area contributed by atoms with Gasteiger partial charge in [0.1, 0.15) is 5.41 Å². The number of Topliss-reactive ketones (excluding diaryl/α,β-unsaturated/α-hetero) is 1. The van der Waals surface area contributed by atoms with E-state index in [4.69, 9.17) is 4.74 Å². The van der Waals surface area contributed by atoms with E-state index in [2.05, 4.69) is 18.8 Å². The fourth-order valence-electron chi connectivity index (χ4n) is 3.75. The van der Waals surface area contributed by atoms with E-state index < -0.39 is 5.41 Å². The topological polar surface area (TPSA) is 55.4 Å². The molecule has 1 N–H and O–H groups in total. The van der Waals surface area contributed by atoms with Gasteiger partial charge in [0, 0.05) is 18.5 Å². The Bertz CT molecular complexity index is 393. The molecule has 0 spiro atoms. The second-order valence-electron chi connectivity index (χ2n) is 5.72. The molecule has 0 heterocycles. The maximum absolute atomic E-state index is 12.6. The number of ether oxygens (including phenoxy) is 1. The van der Waals surface area contributed by atoms with Crippen LogP contribution in [0.2, 0.25) is 0 Å². The number of hydrogen-bond donors (Lipinski definition) is 1. The summed E-state index contributed by atoms with van der Waals surface area (Å²) in [5.41, 5.74) is -0.855. The molecule has 2 rings (SSSR count). The molecule has 4 heteroatoms. The molecule has 2 bridgehead atoms. The molecule has 2 aliphatic rings. The molecular formula is C15H23NO3. The van der Waals surface area contributed by atoms with Gasteiger partial charge >= 0.3 is 5.97 Å². The third kappa shape index (κ3) is 2.22. The minimum Gasteiger partial charge on any atom is -0.465 e. The zero-order chi connectivity index (χ0) is 14.0. The first-order valence-electron chi connectivity index (χ1n) is 7.12. The van der Waals surface area contributed by atoms with E-state index in [0.717, 1.165) is 6.42 Å². The Balaban J connectivity index is 2.19. The molecule has 4 atom stereocenters. The maximum Gasteiger partial charge on any atom is 0.319 e. The highest BCUT2D eigenvalue weighted by Crippen LogP contribution is 2.51. The molecule has 0 saturated heterocycles. The van der Waals surface area contributed by atoms with Crippen LogP contribution in [0.4, 0.5) is 0 Å². The van der Waals surface area contributed by atoms with Gasteiger partial charge in [0.15, 0.2) is 5.78 Å². The molecule has 19 heavy (non-hydrogen) atoms. The lowest BCUT2D eigenvalue weighted by atomic mass is 9.68. The second-order valence-corrected chi connectivity index (χ2v) is 5.72. The summed E-state index contributed by atoms with van der Waals surface area (Å²) in [6.07, 6.45) is 3.85. The molecule has 0 aromatic carbocycles. The van der Waals surface area contributed by atoms with Crippen LogP contribution in [0.25, 0.3) is 0 Å². The van der Waals surface area contributed by atoms with Crippen molar-refractivity contribution in [3.8, 4) is 0 Å². The lowest BCUT2D eigenvalue weighted by molar-refractivity contribution is -0.162. The van der Waals surface area contributed by atoms with Gasteiger partial charge in [-0.2, -0.15) is 0 Å². The average Bonchev–Trinajstić information content (AvgIpc) is 2.61. The minimum atomic E-state index is -0.855. The lowest BCUT2D eigenvalue weighted by Gasteiger charge is -2.39. The molecule has 106 valence electrons. The number of rotatable bonds is 5. The molecule has 0 aromatic rings. The van der Waals surface area contributed by atoms with Crippen LogP contribution >= 0.6 is 0 Å². The number of carbonyl (C=O) groups is 2. The molecule has 0 radical (unpaired) electrons. The Hall–Kier alpha value is -1.16. The Labute approximate surface area is 114 Å². The van der Waals surface area contributed by atoms with Gasteiger partial charge in [0.25, 0.3) is 0 Å². The van der Waals surface area contributed by atoms with Gasteiger partial charge in [0.2, 0.25) is 0 Å². The molecule has 0 aromatic heterocycles. The first kappa shape index (κ1) is 14.3. The van der Waals surface area contributed by atoms with Crippen LogP contribution in [0, 0.1) is 17.3 Å². The van der Waals surface area contributed by atoms with E-state index in [1.165, 1.54) is 0 Å². The monoisotopic (exact) mass is 265 g/mol. The molecule has 2 fully saturated rings. The number of esters is 1. The average molecular weight is 265 g/mol. The van der Waals surface area contributed by atoms with Gasteiger partial charge in [-0.05, 0) is 32.1 Å². The Morgan fingerprint density at radius 2 is 2.37 bits per heavy atom. The smallest absolute Gasteiger partial charge is 0.319 e. The SMILES string of the molecule is C=CCN[C@@H]1[C@H](C)C[C@]2(C(=O)OCC)CC[C@H]1C2=O. The predicted octanol–water partition coefficient (Wildman–Crippen LogP) is 1.70. The van der Waals surface area contributed by atoms with Crippen molar-refractivity contribution in [1.82, 2.24) is 5.32 Å². The van der Waals surface area contributed by atoms with Crippen LogP contribution in [0.3, 0.4) is 0 Å². The van der Waals surface area contributed by atoms with Gasteiger partial charge in [-0.3, -0.25) is 9.59 Å². The number of nitrogens with one attached hydrogen (secondary N) is 1. The highest BCUT2D eigenvalue weighted by molar-refractivity contribution is 6.07. The van der Waals surface area contributed by atoms with Crippen molar-refractivity contribution >= 4 is 11.8 Å². The van der Waals surface area contributed by atoms with Crippen LogP contribution in [0.15, 0.2) is 12.7 Å². The normalized spacial score (nSPS) is 37.2. The van der Waals surface area contributed by atoms with E-state index in [1.54, 1.807) is 13.0 Å². The molecular weight excluding hydrogens is 242 g/mol. The summed E-state index contributed by atoms with van der Waals surface area (Å²) in [6.45, 7) is 8.63. The third-order valence-corrected chi connectivity index (χ3v) is 4.57. The Kier molecular flexibility index (Phi) is 4.09. The Morgan fingerprint density at radius 3 is 3.00 bits per heavy atom. The molecule has 0 unspecified atom stereocenters. The summed E-state index contributed by atoms with van der Waals surface area (Å²) in [4.78, 5) is 24.8. The summed E-state index contributed by atoms with van der Waals surface area (Å²) >= 11 is 0. The van der Waals surface area contributed by atoms with Crippen LogP contribution in [-0.2, 0) is 14.3 Å². The van der Waals surface area contributed by atoms with E-state index in [0.29, 0.717) is 31.9 Å². The first-order valence-corrected chi connectivity index (χ1v) is 7.12. The third-order valence-electron chi connectivity index (χ3n) is 4.57. The van der Waals surface area contributed by atoms with Crippen LogP contribution < -0.4 is 5.32 Å². The summed E-state index contributed by atoms with van der Waals surface area (Å²) in [5.74, 6) is 0.0322. The number of ketones is 1. The molecule has 0 amide bonds. The lowest BCUT2D eigenvalue weighted by Crippen LogP contribution is -2.53. The fraction of sp³-hybridized carbons (Fsp3) is 0.733. The number of fused-ring (bicyclic) bond motifs is 2. The molecule has 2 aliphatic carbocycles. The summed E-state index contributed by atoms with van der Waals surface area (Å²) in [7, 11) is 0. The van der Waals surface area contributed by atoms with E-state index in [9.17, 15) is 9.59 Å². The van der Waals surface area contributed by atoms with Crippen molar-refractivity contribution in [1.29, 1.82) is 0 Å². The van der Waals surface area contributed by atoms with E-state index in [1.807, 2.05) is 0 Å². The van der Waals surface area contributed by atoms with Crippen LogP contribution in [-0.4, -0.2) is 30.9 Å². The van der Waals surface area contributed by atoms with Crippen molar-refractivity contribution in [3.63, 3.8) is 0 Å². The maximum atomic E-state index is 12.6. The second kappa shape index (κ2) is 5.45. The van der Waals surface area contributed by atoms with Crippen molar-refractivity contribution < 1.29 is 14.3 Å². The fourth-order valence-corrected chi connectivity index (χ4v) is 3.75. The van der Waals surface area contributed by atoms with Crippen molar-refractivity contribution in [3.05, 3.63) is 12.7 Å². The van der Waals surface area contributed by atoms with Gasteiger partial charge in [-0.25, -0.2) is 0 Å². The highest BCUT2D eigenvalue weighted by atomic mass is 16.5. The molecule has 0 aliphatic heterocycles. The van der Waals surface area contributed by atoms with Gasteiger partial charge in [-0.15, -0.1) is 6.58 Å². The van der Waals surface area contributed by atoms with Crippen LogP contribution in [0.1, 0.15) is 33.1 Å². The first-order chi connectivity index (χ1) is 9.06. The standard InChI is InChI=1S/C15H23NO3/c1-4-8-16-12-10(3)9-15(14(18)19-5-2)7-6-11(12)13(15)17/h4,10-12,16H,1,5-9H2,2-3H3/t10-,11-,12-,15-/m1/s1. The minimum absolute atomic E-state index is 0.0480. The largest absolute Gasteiger partial charge is 0.465 e. The van der Waals surface area contributed by atoms with E-state index in [-0.39, 0.29) is 23.7 Å². The van der Waals surface area contributed by atoms with Gasteiger partial charge in [0.05, 0.1) is 6.61 Å². The predicted molar refractivity (Wildman–Crippen MR) is 72.6 cm³/mol. The number of hydrogen-bond acceptors (Lipinski definition) is 4. The summed E-state index contributed by atoms with van der Waals surface area (Å²) in [5, 5.41) is 3.38.